The lowest BCUT2D eigenvalue weighted by Gasteiger charge is -2.45. The molecule has 0 aliphatic carbocycles. The van der Waals surface area contributed by atoms with Crippen LogP contribution in [0.1, 0.15) is 38.8 Å². The summed E-state index contributed by atoms with van der Waals surface area (Å²) in [5, 5.41) is 9.12. The first kappa shape index (κ1) is 23.5. The van der Waals surface area contributed by atoms with Crippen LogP contribution in [0.15, 0.2) is 36.8 Å². The highest BCUT2D eigenvalue weighted by atomic mass is 19.4. The van der Waals surface area contributed by atoms with E-state index in [0.717, 1.165) is 6.20 Å². The zero-order chi connectivity index (χ0) is 24.8. The Morgan fingerprint density at radius 3 is 2.56 bits per heavy atom. The van der Waals surface area contributed by atoms with Gasteiger partial charge in [0.15, 0.2) is 5.65 Å². The van der Waals surface area contributed by atoms with Crippen LogP contribution in [0.25, 0.3) is 16.7 Å². The zero-order valence-electron chi connectivity index (χ0n) is 19.3. The predicted molar refractivity (Wildman–Crippen MR) is 121 cm³/mol. The van der Waals surface area contributed by atoms with Crippen molar-refractivity contribution in [2.45, 2.75) is 46.0 Å². The first-order valence-electron chi connectivity index (χ1n) is 11.0. The van der Waals surface area contributed by atoms with Crippen LogP contribution in [0.4, 0.5) is 19.0 Å². The van der Waals surface area contributed by atoms with Gasteiger partial charge in [0.05, 0.1) is 22.6 Å². The van der Waals surface area contributed by atoms with Crippen molar-refractivity contribution in [3.8, 4) is 11.8 Å². The second-order valence-corrected chi connectivity index (χ2v) is 8.96. The minimum Gasteiger partial charge on any atom is -0.349 e. The average Bonchev–Trinajstić information content (AvgIpc) is 3.20. The first-order chi connectivity index (χ1) is 16.0. The molecule has 1 amide bonds. The number of carbonyl (C=O) groups excluding carboxylic acids is 1. The molecule has 34 heavy (non-hydrogen) atoms. The molecule has 0 unspecified atom stereocenters. The second kappa shape index (κ2) is 8.63. The summed E-state index contributed by atoms with van der Waals surface area (Å²) in [5.74, 6) is 0.0387. The molecule has 4 rings (SSSR count). The summed E-state index contributed by atoms with van der Waals surface area (Å²) in [7, 11) is 0. The van der Waals surface area contributed by atoms with Gasteiger partial charge < -0.3 is 14.4 Å². The normalized spacial score (nSPS) is 19.0. The van der Waals surface area contributed by atoms with Gasteiger partial charge in [0.1, 0.15) is 12.1 Å². The van der Waals surface area contributed by atoms with Crippen molar-refractivity contribution in [3.05, 3.63) is 47.9 Å². The quantitative estimate of drug-likeness (QED) is 0.567. The van der Waals surface area contributed by atoms with Gasteiger partial charge in [-0.25, -0.2) is 9.97 Å². The molecule has 1 aliphatic rings. The molecular weight excluding hydrogens is 445 g/mol. The molecule has 10 heteroatoms. The minimum atomic E-state index is -4.64. The van der Waals surface area contributed by atoms with Gasteiger partial charge in [-0.3, -0.25) is 4.79 Å². The molecule has 7 nitrogen and oxygen atoms in total. The largest absolute Gasteiger partial charge is 0.418 e. The lowest BCUT2D eigenvalue weighted by Crippen LogP contribution is -2.59. The van der Waals surface area contributed by atoms with E-state index in [2.05, 4.69) is 9.97 Å². The Kier molecular flexibility index (Phi) is 5.98. The molecule has 0 spiro atoms. The van der Waals surface area contributed by atoms with Crippen LogP contribution in [0.5, 0.6) is 0 Å². The molecule has 1 saturated heterocycles. The molecule has 0 N–H and O–H groups in total. The number of fused-ring (bicyclic) bond motifs is 1. The Bertz CT molecular complexity index is 1280. The van der Waals surface area contributed by atoms with Crippen molar-refractivity contribution in [3.63, 3.8) is 0 Å². The SMILES string of the molecule is CC(C)C(=O)N1C[C@H](C)N(c2ncnc3c2c(C(F)(F)F)cn3-c2cccc(C#N)c2)C[C@H]1C. The van der Waals surface area contributed by atoms with Gasteiger partial charge in [0.25, 0.3) is 0 Å². The highest BCUT2D eigenvalue weighted by molar-refractivity contribution is 5.93. The van der Waals surface area contributed by atoms with Crippen molar-refractivity contribution in [2.75, 3.05) is 18.0 Å². The number of piperazine rings is 1. The molecule has 1 fully saturated rings. The van der Waals surface area contributed by atoms with E-state index in [-0.39, 0.29) is 40.8 Å². The number of hydrogen-bond donors (Lipinski definition) is 0. The van der Waals surface area contributed by atoms with Gasteiger partial charge in [-0.1, -0.05) is 19.9 Å². The standard InChI is InChI=1S/C24H25F3N6O/c1-14(2)23(34)32-11-15(3)31(10-16(32)4)21-20-19(24(25,26)27)12-33(22(20)30-13-29-21)18-7-5-6-17(8-18)9-28/h5-8,12-16H,10-11H2,1-4H3/t15-,16+/m0/s1. The van der Waals surface area contributed by atoms with Crippen molar-refractivity contribution >= 4 is 22.8 Å². The van der Waals surface area contributed by atoms with Crippen LogP contribution in [-0.4, -0.2) is 50.5 Å². The van der Waals surface area contributed by atoms with Crippen LogP contribution < -0.4 is 4.90 Å². The molecule has 0 bridgehead atoms. The number of halogens is 3. The fourth-order valence-electron chi connectivity index (χ4n) is 4.46. The number of alkyl halides is 3. The van der Waals surface area contributed by atoms with E-state index >= 15 is 0 Å². The van der Waals surface area contributed by atoms with Crippen LogP contribution in [0.2, 0.25) is 0 Å². The van der Waals surface area contributed by atoms with E-state index in [4.69, 9.17) is 0 Å². The minimum absolute atomic E-state index is 0.0198. The summed E-state index contributed by atoms with van der Waals surface area (Å²) in [4.78, 5) is 24.7. The van der Waals surface area contributed by atoms with Gasteiger partial charge in [0.2, 0.25) is 5.91 Å². The van der Waals surface area contributed by atoms with Crippen LogP contribution in [-0.2, 0) is 11.0 Å². The number of hydrogen-bond acceptors (Lipinski definition) is 5. The number of benzene rings is 1. The van der Waals surface area contributed by atoms with Crippen molar-refractivity contribution in [1.29, 1.82) is 5.26 Å². The fourth-order valence-corrected chi connectivity index (χ4v) is 4.46. The number of amides is 1. The number of nitrogens with zero attached hydrogens (tertiary/aromatic N) is 6. The summed E-state index contributed by atoms with van der Waals surface area (Å²) >= 11 is 0. The van der Waals surface area contributed by atoms with Crippen LogP contribution in [0.3, 0.4) is 0 Å². The van der Waals surface area contributed by atoms with Crippen LogP contribution in [0, 0.1) is 17.2 Å². The van der Waals surface area contributed by atoms with Crippen molar-refractivity contribution in [2.24, 2.45) is 5.92 Å². The molecule has 1 aliphatic heterocycles. The Morgan fingerprint density at radius 1 is 1.18 bits per heavy atom. The maximum atomic E-state index is 14.2. The fraction of sp³-hybridized carbons (Fsp3) is 0.417. The lowest BCUT2D eigenvalue weighted by atomic mass is 10.0. The first-order valence-corrected chi connectivity index (χ1v) is 11.0. The maximum absolute atomic E-state index is 14.2. The Labute approximate surface area is 195 Å². The third kappa shape index (κ3) is 4.06. The molecule has 2 atom stereocenters. The molecule has 0 radical (unpaired) electrons. The van der Waals surface area contributed by atoms with E-state index in [1.807, 2.05) is 38.7 Å². The van der Waals surface area contributed by atoms with Crippen molar-refractivity contribution < 1.29 is 18.0 Å². The molecule has 3 aromatic rings. The summed E-state index contributed by atoms with van der Waals surface area (Å²) in [6.45, 7) is 8.16. The highest BCUT2D eigenvalue weighted by Crippen LogP contribution is 2.41. The maximum Gasteiger partial charge on any atom is 0.418 e. The van der Waals surface area contributed by atoms with Gasteiger partial charge >= 0.3 is 6.18 Å². The predicted octanol–water partition coefficient (Wildman–Crippen LogP) is 4.39. The molecule has 3 heterocycles. The highest BCUT2D eigenvalue weighted by Gasteiger charge is 2.40. The van der Waals surface area contributed by atoms with Crippen molar-refractivity contribution in [1.82, 2.24) is 19.4 Å². The zero-order valence-corrected chi connectivity index (χ0v) is 19.3. The monoisotopic (exact) mass is 470 g/mol. The topological polar surface area (TPSA) is 78.1 Å². The number of aromatic nitrogens is 3. The summed E-state index contributed by atoms with van der Waals surface area (Å²) in [5.41, 5.74) is -0.0116. The van der Waals surface area contributed by atoms with Gasteiger partial charge in [-0.15, -0.1) is 0 Å². The number of anilines is 1. The summed E-state index contributed by atoms with van der Waals surface area (Å²) in [6, 6.07) is 7.91. The third-order valence-electron chi connectivity index (χ3n) is 6.16. The molecular formula is C24H25F3N6O. The molecule has 0 saturated carbocycles. The van der Waals surface area contributed by atoms with E-state index in [1.54, 1.807) is 23.1 Å². The summed E-state index contributed by atoms with van der Waals surface area (Å²) < 4.78 is 43.9. The van der Waals surface area contributed by atoms with E-state index in [1.165, 1.54) is 17.0 Å². The number of rotatable bonds is 3. The molecule has 178 valence electrons. The van der Waals surface area contributed by atoms with E-state index in [9.17, 15) is 23.2 Å². The Hall–Kier alpha value is -3.61. The van der Waals surface area contributed by atoms with Crippen LogP contribution >= 0.6 is 0 Å². The molecule has 1 aromatic carbocycles. The Morgan fingerprint density at radius 2 is 1.91 bits per heavy atom. The lowest BCUT2D eigenvalue weighted by molar-refractivity contribution is -0.137. The Balaban J connectivity index is 1.86. The third-order valence-corrected chi connectivity index (χ3v) is 6.16. The second-order valence-electron chi connectivity index (χ2n) is 8.96. The van der Waals surface area contributed by atoms with E-state index < -0.39 is 11.7 Å². The number of carbonyl (C=O) groups is 1. The van der Waals surface area contributed by atoms with E-state index in [0.29, 0.717) is 24.3 Å². The van der Waals surface area contributed by atoms with Gasteiger partial charge in [-0.05, 0) is 32.0 Å². The number of nitriles is 1. The van der Waals surface area contributed by atoms with Gasteiger partial charge in [-0.2, -0.15) is 18.4 Å². The summed E-state index contributed by atoms with van der Waals surface area (Å²) in [6.07, 6.45) is -2.38. The average molecular weight is 470 g/mol. The van der Waals surface area contributed by atoms with Gasteiger partial charge in [0, 0.05) is 43.0 Å². The smallest absolute Gasteiger partial charge is 0.349 e. The molecule has 2 aromatic heterocycles.